The van der Waals surface area contributed by atoms with Gasteiger partial charge in [0.05, 0.1) is 16.1 Å². The highest BCUT2D eigenvalue weighted by atomic mass is 35.5. The van der Waals surface area contributed by atoms with E-state index in [0.717, 1.165) is 79.1 Å². The number of ether oxygens (including phenoxy) is 2. The molecular weight excluding hydrogens is 868 g/mol. The van der Waals surface area contributed by atoms with Crippen LogP contribution in [0.3, 0.4) is 0 Å². The molecule has 1 saturated heterocycles. The van der Waals surface area contributed by atoms with Crippen molar-refractivity contribution < 1.29 is 27.9 Å². The first-order valence-corrected chi connectivity index (χ1v) is 23.6. The molecule has 0 aliphatic carbocycles. The van der Waals surface area contributed by atoms with Crippen molar-refractivity contribution in [3.8, 4) is 28.4 Å². The van der Waals surface area contributed by atoms with Gasteiger partial charge in [-0.2, -0.15) is 4.81 Å². The number of amides is 1. The number of likely N-dealkylation sites (N-methyl/N-ethyl adjacent to an activating group) is 1. The minimum Gasteiger partial charge on any atom is -0.593 e. The smallest absolute Gasteiger partial charge is 0.268 e. The van der Waals surface area contributed by atoms with Gasteiger partial charge in [0, 0.05) is 78.2 Å². The molecule has 17 heteroatoms. The average Bonchev–Trinajstić information content (AvgIpc) is 3.98. The standard InChI is InChI=1S/C48H57ClN8O7S/c1-55(2)28-29-63-46-9-6-8-40(34-10-12-36(49)13-11-34)42(46)33-50-23-24-51-37-14-17-41(47(31-37)64-38-15-18-43-35(30-38)20-22-53-43)48(58)54-65(61,62)39-16-19-44(45(32-39)57(3,59)60)52-21-7-27-56-25-4-5-26-56/h6,8-20,22,30-32,50-53,59H,4-5,7,21,23-29,33H2,1-3H3,(H,54,58). The summed E-state index contributed by atoms with van der Waals surface area (Å²) in [6.07, 6.45) is 4.97. The molecule has 1 aliphatic heterocycles. The highest BCUT2D eigenvalue weighted by Gasteiger charge is 2.27. The first-order valence-electron chi connectivity index (χ1n) is 21.7. The number of aromatic nitrogens is 1. The van der Waals surface area contributed by atoms with Crippen molar-refractivity contribution >= 4 is 55.5 Å². The van der Waals surface area contributed by atoms with Crippen LogP contribution in [0.5, 0.6) is 17.2 Å². The molecule has 1 fully saturated rings. The van der Waals surface area contributed by atoms with Crippen LogP contribution in [0, 0.1) is 5.21 Å². The van der Waals surface area contributed by atoms with Crippen molar-refractivity contribution in [2.75, 3.05) is 84.2 Å². The third kappa shape index (κ3) is 12.8. The van der Waals surface area contributed by atoms with Crippen molar-refractivity contribution in [2.24, 2.45) is 0 Å². The number of benzene rings is 5. The van der Waals surface area contributed by atoms with Crippen LogP contribution < -0.4 is 35.0 Å². The quantitative estimate of drug-likeness (QED) is 0.0218. The van der Waals surface area contributed by atoms with E-state index >= 15 is 0 Å². The Balaban J connectivity index is 1.05. The second kappa shape index (κ2) is 21.5. The van der Waals surface area contributed by atoms with E-state index in [-0.39, 0.29) is 21.9 Å². The fraction of sp³-hybridized carbons (Fsp3) is 0.312. The summed E-state index contributed by atoms with van der Waals surface area (Å²) in [4.78, 5) is 19.2. The number of anilines is 2. The number of carbonyl (C=O) groups excluding carboxylic acids is 1. The van der Waals surface area contributed by atoms with Crippen molar-refractivity contribution in [2.45, 2.75) is 30.7 Å². The molecule has 344 valence electrons. The van der Waals surface area contributed by atoms with Crippen LogP contribution >= 0.6 is 11.6 Å². The number of hydrogen-bond donors (Lipinski definition) is 6. The number of aromatic amines is 1. The van der Waals surface area contributed by atoms with Crippen LogP contribution in [0.4, 0.5) is 17.1 Å². The van der Waals surface area contributed by atoms with E-state index in [0.29, 0.717) is 54.9 Å². The molecule has 7 rings (SSSR count). The van der Waals surface area contributed by atoms with Crippen LogP contribution in [-0.4, -0.2) is 108 Å². The van der Waals surface area contributed by atoms with Gasteiger partial charge in [0.25, 0.3) is 15.9 Å². The lowest BCUT2D eigenvalue weighted by molar-refractivity contribution is -0.00400. The number of quaternary nitrogens is 1. The topological polar surface area (TPSA) is 183 Å². The number of carbonyl (C=O) groups is 1. The molecule has 0 radical (unpaired) electrons. The van der Waals surface area contributed by atoms with Gasteiger partial charge < -0.3 is 45.4 Å². The lowest BCUT2D eigenvalue weighted by atomic mass is 9.98. The summed E-state index contributed by atoms with van der Waals surface area (Å²) in [7, 11) is 0.456. The normalized spacial score (nSPS) is 14.1. The van der Waals surface area contributed by atoms with Crippen molar-refractivity contribution in [1.29, 1.82) is 0 Å². The first-order chi connectivity index (χ1) is 31.2. The zero-order valence-corrected chi connectivity index (χ0v) is 38.5. The molecule has 2 heterocycles. The van der Waals surface area contributed by atoms with Crippen LogP contribution in [0.1, 0.15) is 35.2 Å². The van der Waals surface area contributed by atoms with Gasteiger partial charge >= 0.3 is 0 Å². The predicted molar refractivity (Wildman–Crippen MR) is 259 cm³/mol. The number of likely N-dealkylation sites (tertiary alicyclic amines) is 1. The summed E-state index contributed by atoms with van der Waals surface area (Å²) in [5.41, 5.74) is 4.62. The third-order valence-electron chi connectivity index (χ3n) is 11.1. The molecule has 1 unspecified atom stereocenters. The number of sulfonamides is 1. The molecule has 1 atom stereocenters. The summed E-state index contributed by atoms with van der Waals surface area (Å²) in [6.45, 7) is 6.38. The molecule has 0 saturated carbocycles. The zero-order valence-electron chi connectivity index (χ0n) is 36.9. The van der Waals surface area contributed by atoms with Crippen molar-refractivity contribution in [1.82, 2.24) is 29.6 Å². The van der Waals surface area contributed by atoms with E-state index in [4.69, 9.17) is 21.1 Å². The summed E-state index contributed by atoms with van der Waals surface area (Å²) in [5, 5.41) is 34.9. The number of nitrogens with zero attached hydrogens (tertiary/aromatic N) is 3. The highest BCUT2D eigenvalue weighted by molar-refractivity contribution is 7.90. The molecule has 1 aliphatic rings. The number of hydrogen-bond acceptors (Lipinski definition) is 12. The zero-order chi connectivity index (χ0) is 46.0. The van der Waals surface area contributed by atoms with Crippen molar-refractivity contribution in [3.05, 3.63) is 131 Å². The van der Waals surface area contributed by atoms with Gasteiger partial charge in [-0.25, -0.2) is 18.3 Å². The Labute approximate surface area is 385 Å². The lowest BCUT2D eigenvalue weighted by Crippen LogP contribution is -2.35. The minimum absolute atomic E-state index is 0.0462. The van der Waals surface area contributed by atoms with E-state index < -0.39 is 20.7 Å². The predicted octanol–water partition coefficient (Wildman–Crippen LogP) is 8.26. The molecule has 5 aromatic carbocycles. The van der Waals surface area contributed by atoms with Crippen LogP contribution in [0.2, 0.25) is 5.02 Å². The Bertz CT molecular complexity index is 2670. The lowest BCUT2D eigenvalue weighted by Gasteiger charge is -2.30. The van der Waals surface area contributed by atoms with E-state index in [1.54, 1.807) is 24.4 Å². The number of fused-ring (bicyclic) bond motifs is 1. The molecule has 6 aromatic rings. The van der Waals surface area contributed by atoms with E-state index in [2.05, 4.69) is 41.5 Å². The molecule has 6 N–H and O–H groups in total. The minimum atomic E-state index is -4.54. The summed E-state index contributed by atoms with van der Waals surface area (Å²) >= 11 is 6.21. The molecule has 1 aromatic heterocycles. The second-order valence-corrected chi connectivity index (χ2v) is 18.5. The van der Waals surface area contributed by atoms with Crippen LogP contribution in [0.15, 0.2) is 114 Å². The summed E-state index contributed by atoms with van der Waals surface area (Å²) in [5.74, 6) is 0.377. The number of nitrogens with one attached hydrogen (secondary N) is 5. The number of halogens is 1. The molecule has 1 amide bonds. The van der Waals surface area contributed by atoms with Gasteiger partial charge in [-0.05, 0) is 131 Å². The van der Waals surface area contributed by atoms with Gasteiger partial charge in [-0.1, -0.05) is 35.9 Å². The fourth-order valence-electron chi connectivity index (χ4n) is 7.70. The maximum Gasteiger partial charge on any atom is 0.268 e. The number of hydroxylamine groups is 2. The number of H-pyrrole nitrogens is 1. The Morgan fingerprint density at radius 1 is 0.923 bits per heavy atom. The fourth-order valence-corrected chi connectivity index (χ4v) is 8.81. The third-order valence-corrected chi connectivity index (χ3v) is 12.7. The first kappa shape index (κ1) is 47.3. The summed E-state index contributed by atoms with van der Waals surface area (Å²) < 4.78 is 42.2. The van der Waals surface area contributed by atoms with Gasteiger partial charge in [-0.15, -0.1) is 0 Å². The van der Waals surface area contributed by atoms with Gasteiger partial charge in [-0.3, -0.25) is 4.79 Å². The van der Waals surface area contributed by atoms with E-state index in [9.17, 15) is 23.6 Å². The molecule has 0 spiro atoms. The summed E-state index contributed by atoms with van der Waals surface area (Å²) in [6, 6.07) is 29.6. The highest BCUT2D eigenvalue weighted by Crippen LogP contribution is 2.35. The van der Waals surface area contributed by atoms with Crippen molar-refractivity contribution in [3.63, 3.8) is 0 Å². The molecule has 0 bridgehead atoms. The second-order valence-electron chi connectivity index (χ2n) is 16.4. The SMILES string of the molecule is CN(C)CCOc1cccc(-c2ccc(Cl)cc2)c1CNCCNc1ccc(C(=O)NS(=O)(=O)c2ccc(NCCCN3CCCC3)c([N+](C)([O-])O)c2)c(Oc2ccc3[nH]ccc3c2)c1. The largest absolute Gasteiger partial charge is 0.593 e. The van der Waals surface area contributed by atoms with Crippen LogP contribution in [-0.2, 0) is 16.6 Å². The Kier molecular flexibility index (Phi) is 15.7. The average molecular weight is 926 g/mol. The van der Waals surface area contributed by atoms with Gasteiger partial charge in [0.2, 0.25) is 0 Å². The Morgan fingerprint density at radius 2 is 1.72 bits per heavy atom. The Hall–Kier alpha value is -5.69. The maximum atomic E-state index is 13.9. The van der Waals surface area contributed by atoms with Crippen LogP contribution in [0.25, 0.3) is 22.0 Å². The van der Waals surface area contributed by atoms with E-state index in [1.807, 2.05) is 68.7 Å². The van der Waals surface area contributed by atoms with Gasteiger partial charge in [0.1, 0.15) is 30.9 Å². The van der Waals surface area contributed by atoms with E-state index in [1.165, 1.54) is 31.0 Å². The molecule has 15 nitrogen and oxygen atoms in total. The molecule has 65 heavy (non-hydrogen) atoms. The maximum absolute atomic E-state index is 13.9. The Morgan fingerprint density at radius 3 is 2.49 bits per heavy atom. The monoisotopic (exact) mass is 924 g/mol. The molecular formula is C48H57ClN8O7S. The van der Waals surface area contributed by atoms with Gasteiger partial charge in [0.15, 0.2) is 5.69 Å². The number of rotatable bonds is 22.